The second-order valence-corrected chi connectivity index (χ2v) is 17.0. The van der Waals surface area contributed by atoms with Crippen LogP contribution in [0.1, 0.15) is 95.0 Å². The van der Waals surface area contributed by atoms with Crippen molar-refractivity contribution in [2.75, 3.05) is 0 Å². The summed E-state index contributed by atoms with van der Waals surface area (Å²) in [6.45, 7) is 33.7. The minimum atomic E-state index is 0. The molecule has 0 aliphatic carbocycles. The van der Waals surface area contributed by atoms with Gasteiger partial charge in [-0.2, -0.15) is 0 Å². The Hall–Kier alpha value is -4.45. The molecule has 0 unspecified atom stereocenters. The van der Waals surface area contributed by atoms with Crippen molar-refractivity contribution in [1.82, 2.24) is 9.97 Å². The maximum Gasteiger partial charge on any atom is 1.00 e. The molecule has 16 heteroatoms. The summed E-state index contributed by atoms with van der Waals surface area (Å²) in [7, 11) is 0. The van der Waals surface area contributed by atoms with Crippen LogP contribution in [-0.4, -0.2) is 32.8 Å². The fourth-order valence-corrected chi connectivity index (χ4v) is 7.22. The Bertz CT molecular complexity index is 2560. The van der Waals surface area contributed by atoms with E-state index in [-0.39, 0.29) is 88.6 Å². The molecular formula is C58H60Cl6N6O2Ru2. The van der Waals surface area contributed by atoms with Gasteiger partial charge < -0.3 is 49.6 Å². The van der Waals surface area contributed by atoms with Gasteiger partial charge in [0.25, 0.3) is 0 Å². The zero-order valence-corrected chi connectivity index (χ0v) is 51.4. The second-order valence-electron chi connectivity index (χ2n) is 16.0. The molecule has 0 atom stereocenters. The molecule has 2 aromatic heterocycles. The van der Waals surface area contributed by atoms with Crippen LogP contribution in [0.25, 0.3) is 0 Å². The first-order chi connectivity index (χ1) is 32.5. The number of hydrogen-bond acceptors (Lipinski definition) is 6. The van der Waals surface area contributed by atoms with Gasteiger partial charge in [0.1, 0.15) is 0 Å². The summed E-state index contributed by atoms with van der Waals surface area (Å²) in [6.07, 6.45) is 0. The standard InChI is InChI=1S/2C25H27N3.C6H6Cl2.2CO.4ClH.2Ru/c2*1-16-10-7-11-17(2)24(16)26-20(5)22-14-9-15-23(28-22)21(6)27-25-18(3)12-8-13-19(25)4;7-5-1-2-6(8)4-3-5;2*1-2;;;;;;/h2*7-15H,1-6H3;1-4,7-8H;;;4*1H;;/q;;+2;;;;;;;2*+1/p-4. The van der Waals surface area contributed by atoms with E-state index in [1.807, 2.05) is 88.4 Å². The van der Waals surface area contributed by atoms with Gasteiger partial charge >= 0.3 is 61.6 Å². The molecule has 0 saturated carbocycles. The van der Waals surface area contributed by atoms with Gasteiger partial charge in [-0.1, -0.05) is 84.9 Å². The molecule has 0 saturated heterocycles. The van der Waals surface area contributed by atoms with Crippen molar-refractivity contribution in [3.63, 3.8) is 0 Å². The number of benzene rings is 5. The molecule has 2 heterocycles. The zero-order chi connectivity index (χ0) is 50.5. The molecule has 0 fully saturated rings. The van der Waals surface area contributed by atoms with Crippen LogP contribution in [0.15, 0.2) is 153 Å². The summed E-state index contributed by atoms with van der Waals surface area (Å²) in [5.41, 5.74) is 20.5. The Labute approximate surface area is 499 Å². The van der Waals surface area contributed by atoms with Gasteiger partial charge in [-0.25, -0.2) is 9.97 Å². The minimum Gasteiger partial charge on any atom is -1.00 e. The van der Waals surface area contributed by atoms with E-state index in [1.54, 1.807) is 0 Å². The number of pyridine rings is 2. The van der Waals surface area contributed by atoms with E-state index in [9.17, 15) is 0 Å². The summed E-state index contributed by atoms with van der Waals surface area (Å²) in [5.74, 6) is 0. The first kappa shape index (κ1) is 76.1. The molecule has 2 radical (unpaired) electrons. The van der Waals surface area contributed by atoms with Crippen molar-refractivity contribution in [2.45, 2.75) is 83.1 Å². The number of halogens is 6. The summed E-state index contributed by atoms with van der Waals surface area (Å²) in [5, 5.41) is 1.69. The topological polar surface area (TPSA) is 115 Å². The van der Waals surface area contributed by atoms with Gasteiger partial charge in [0.2, 0.25) is 10.0 Å². The van der Waals surface area contributed by atoms with E-state index in [0.29, 0.717) is 0 Å². The Balaban J connectivity index is -0.000000509. The van der Waals surface area contributed by atoms with Gasteiger partial charge in [-0.05, 0) is 152 Å². The van der Waals surface area contributed by atoms with Gasteiger partial charge in [-0.15, -0.1) is 0 Å². The monoisotopic (exact) mass is 1290 g/mol. The van der Waals surface area contributed by atoms with Crippen molar-refractivity contribution in [3.05, 3.63) is 224 Å². The Morgan fingerprint density at radius 2 is 0.473 bits per heavy atom. The first-order valence-corrected chi connectivity index (χ1v) is 22.6. The van der Waals surface area contributed by atoms with Crippen molar-refractivity contribution in [1.29, 1.82) is 0 Å². The third kappa shape index (κ3) is 23.2. The van der Waals surface area contributed by atoms with Crippen LogP contribution in [0.5, 0.6) is 0 Å². The number of nitrogens with zero attached hydrogens (tertiary/aromatic N) is 6. The molecule has 0 spiro atoms. The first-order valence-electron chi connectivity index (χ1n) is 21.8. The summed E-state index contributed by atoms with van der Waals surface area (Å²) in [4.78, 5) is 29.1. The summed E-state index contributed by atoms with van der Waals surface area (Å²) < 4.78 is 15.0. The van der Waals surface area contributed by atoms with Crippen LogP contribution >= 0.6 is 0 Å². The van der Waals surface area contributed by atoms with Gasteiger partial charge in [0, 0.05) is 24.3 Å². The van der Waals surface area contributed by atoms with E-state index < -0.39 is 0 Å². The third-order valence-electron chi connectivity index (χ3n) is 10.7. The molecule has 0 aliphatic heterocycles. The molecule has 392 valence electrons. The van der Waals surface area contributed by atoms with Crippen LogP contribution in [0.3, 0.4) is 0 Å². The van der Waals surface area contributed by atoms with Crippen LogP contribution in [0, 0.1) is 91.9 Å². The molecule has 7 rings (SSSR count). The van der Waals surface area contributed by atoms with Crippen molar-refractivity contribution >= 4 is 45.6 Å². The molecule has 0 amide bonds. The van der Waals surface area contributed by atoms with Crippen molar-refractivity contribution in [3.8, 4) is 0 Å². The largest absolute Gasteiger partial charge is 1.00 e. The predicted molar refractivity (Wildman–Crippen MR) is 275 cm³/mol. The van der Waals surface area contributed by atoms with E-state index in [4.69, 9.17) is 62.4 Å². The van der Waals surface area contributed by atoms with Gasteiger partial charge in [0.05, 0.1) is 68.4 Å². The molecule has 0 bridgehead atoms. The normalized spacial score (nSPS) is 10.4. The Morgan fingerprint density at radius 1 is 0.324 bits per heavy atom. The summed E-state index contributed by atoms with van der Waals surface area (Å²) in [6, 6.07) is 44.3. The van der Waals surface area contributed by atoms with E-state index >= 15 is 0 Å². The van der Waals surface area contributed by atoms with Crippen LogP contribution < -0.4 is 49.6 Å². The quantitative estimate of drug-likeness (QED) is 0.101. The van der Waals surface area contributed by atoms with Gasteiger partial charge in [-0.3, -0.25) is 20.0 Å². The molecule has 0 aliphatic rings. The van der Waals surface area contributed by atoms with Crippen molar-refractivity contribution in [2.24, 2.45) is 20.0 Å². The number of aliphatic imine (C=N–C) groups is 4. The fourth-order valence-electron chi connectivity index (χ4n) is 6.94. The number of hydrogen-bond donors (Lipinski definition) is 0. The van der Waals surface area contributed by atoms with E-state index in [2.05, 4.69) is 141 Å². The summed E-state index contributed by atoms with van der Waals surface area (Å²) >= 11 is 9.65. The number of aromatic nitrogens is 2. The molecule has 0 N–H and O–H groups in total. The van der Waals surface area contributed by atoms with Crippen LogP contribution in [0.2, 0.25) is 10.0 Å². The van der Waals surface area contributed by atoms with E-state index in [1.165, 1.54) is 44.5 Å². The predicted octanol–water partition coefficient (Wildman–Crippen LogP) is 2.21. The minimum absolute atomic E-state index is 0. The smallest absolute Gasteiger partial charge is 1.00 e. The number of para-hydroxylation sites is 4. The van der Waals surface area contributed by atoms with E-state index in [0.717, 1.165) is 78.4 Å². The molecule has 8 nitrogen and oxygen atoms in total. The Morgan fingerprint density at radius 3 is 0.635 bits per heavy atom. The fraction of sp³-hybridized carbons (Fsp3) is 0.207. The molecule has 74 heavy (non-hydrogen) atoms. The molecule has 7 aromatic rings. The maximum atomic E-state index is 7.50. The van der Waals surface area contributed by atoms with Gasteiger partial charge in [0.15, 0.2) is 23.2 Å². The number of aryl methyl sites for hydroxylation is 8. The zero-order valence-electron chi connectivity index (χ0n) is 43.2. The third-order valence-corrected chi connectivity index (χ3v) is 11.2. The van der Waals surface area contributed by atoms with Crippen LogP contribution in [0.4, 0.5) is 22.7 Å². The number of rotatable bonds is 8. The average Bonchev–Trinajstić information content (AvgIpc) is 3.34. The van der Waals surface area contributed by atoms with Crippen molar-refractivity contribution < 1.29 is 121 Å². The molecular weight excluding hydrogens is 1230 g/mol. The average molecular weight is 1290 g/mol. The van der Waals surface area contributed by atoms with Crippen LogP contribution in [-0.2, 0) is 48.3 Å². The second kappa shape index (κ2) is 39.0. The SMILES string of the molecule is CC(=Nc1c(C)cccc1C)c1cccc(C(C)=Nc2c(C)cccc2C)n1.CC(=Nc1c(C)cccc1C)c1cccc(C(C)=Nc2c(C)cccc2C)n1.[C-]#[O+].[C-]#[O+].[Cl-].[Cl-].[Cl-].[Cl-].[ClH+]c1ccc([ClH+])cc1.[Ru+].[Ru+]. The molecule has 5 aromatic carbocycles. The maximum absolute atomic E-state index is 7.50. The Kier molecular flexibility index (Phi) is 40.1.